The molecule has 0 spiro atoms. The lowest BCUT2D eigenvalue weighted by atomic mass is 9.94. The van der Waals surface area contributed by atoms with Gasteiger partial charge in [-0.05, 0) is 57.3 Å². The van der Waals surface area contributed by atoms with Gasteiger partial charge in [-0.2, -0.15) is 0 Å². The van der Waals surface area contributed by atoms with Crippen LogP contribution in [0.5, 0.6) is 0 Å². The van der Waals surface area contributed by atoms with E-state index in [1.165, 1.54) is 0 Å². The van der Waals surface area contributed by atoms with Crippen molar-refractivity contribution < 1.29 is 19.1 Å². The first kappa shape index (κ1) is 13.7. The van der Waals surface area contributed by atoms with Gasteiger partial charge in [-0.1, -0.05) is 12.2 Å². The highest BCUT2D eigenvalue weighted by Crippen LogP contribution is 2.43. The molecular weight excluding hydrogens is 256 g/mol. The average Bonchev–Trinajstić information content (AvgIpc) is 3.12. The number of carbonyl (C=O) groups is 2. The molecule has 2 fully saturated rings. The van der Waals surface area contributed by atoms with E-state index in [4.69, 9.17) is 9.47 Å². The van der Waals surface area contributed by atoms with Crippen molar-refractivity contribution in [3.05, 3.63) is 12.2 Å². The minimum atomic E-state index is -0.415. The van der Waals surface area contributed by atoms with Gasteiger partial charge in [-0.25, -0.2) is 4.79 Å². The van der Waals surface area contributed by atoms with Crippen LogP contribution in [0.2, 0.25) is 0 Å². The predicted molar refractivity (Wildman–Crippen MR) is 72.8 cm³/mol. The van der Waals surface area contributed by atoms with E-state index in [9.17, 15) is 9.59 Å². The van der Waals surface area contributed by atoms with Gasteiger partial charge >= 0.3 is 11.9 Å². The molecular formula is C16H22O4. The van der Waals surface area contributed by atoms with Crippen LogP contribution in [0, 0.1) is 17.8 Å². The molecule has 0 aromatic carbocycles. The number of hydrogen-bond acceptors (Lipinski definition) is 4. The Kier molecular flexibility index (Phi) is 3.57. The Hall–Kier alpha value is -1.32. The lowest BCUT2D eigenvalue weighted by Crippen LogP contribution is -2.31. The third-order valence-electron chi connectivity index (χ3n) is 4.94. The van der Waals surface area contributed by atoms with E-state index in [0.717, 1.165) is 38.5 Å². The fourth-order valence-electron chi connectivity index (χ4n) is 3.82. The van der Waals surface area contributed by atoms with Gasteiger partial charge in [-0.3, -0.25) is 4.79 Å². The normalized spacial score (nSPS) is 33.4. The summed E-state index contributed by atoms with van der Waals surface area (Å²) in [7, 11) is 0. The zero-order valence-electron chi connectivity index (χ0n) is 12.0. The maximum Gasteiger partial charge on any atom is 0.344 e. The number of hydrogen-bond donors (Lipinski definition) is 0. The highest BCUT2D eigenvalue weighted by Gasteiger charge is 2.41. The van der Waals surface area contributed by atoms with E-state index < -0.39 is 5.97 Å². The molecule has 3 atom stereocenters. The standard InChI is InChI=1S/C16H22O4/c1-16(6-2-3-7-16)20-14(17)10-19-15(18)13-9-11-4-5-12(13)8-11/h4-5,11-13H,2-3,6-10H2,1H3. The lowest BCUT2D eigenvalue weighted by Gasteiger charge is -2.24. The second-order valence-electron chi connectivity index (χ2n) is 6.63. The molecule has 4 heteroatoms. The number of rotatable bonds is 4. The van der Waals surface area contributed by atoms with Crippen molar-refractivity contribution in [2.75, 3.05) is 6.61 Å². The first-order chi connectivity index (χ1) is 9.56. The van der Waals surface area contributed by atoms with Crippen molar-refractivity contribution in [2.24, 2.45) is 17.8 Å². The Morgan fingerprint density at radius 3 is 2.55 bits per heavy atom. The average molecular weight is 278 g/mol. The Morgan fingerprint density at radius 2 is 1.95 bits per heavy atom. The smallest absolute Gasteiger partial charge is 0.344 e. The number of allylic oxidation sites excluding steroid dienone is 2. The summed E-state index contributed by atoms with van der Waals surface area (Å²) in [6.45, 7) is 1.71. The summed E-state index contributed by atoms with van der Waals surface area (Å²) in [6, 6.07) is 0. The number of carbonyl (C=O) groups excluding carboxylic acids is 2. The maximum absolute atomic E-state index is 12.0. The van der Waals surface area contributed by atoms with Crippen LogP contribution in [0.3, 0.4) is 0 Å². The molecule has 110 valence electrons. The predicted octanol–water partition coefficient (Wildman–Crippen LogP) is 2.62. The summed E-state index contributed by atoms with van der Waals surface area (Å²) in [6.07, 6.45) is 10.2. The summed E-state index contributed by atoms with van der Waals surface area (Å²) >= 11 is 0. The molecule has 0 heterocycles. The van der Waals surface area contributed by atoms with Crippen LogP contribution in [0.15, 0.2) is 12.2 Å². The first-order valence-electron chi connectivity index (χ1n) is 7.62. The molecule has 3 aliphatic carbocycles. The highest BCUT2D eigenvalue weighted by molar-refractivity contribution is 5.78. The van der Waals surface area contributed by atoms with Crippen LogP contribution in [0.25, 0.3) is 0 Å². The molecule has 0 aromatic rings. The van der Waals surface area contributed by atoms with Crippen molar-refractivity contribution in [1.29, 1.82) is 0 Å². The molecule has 0 amide bonds. The van der Waals surface area contributed by atoms with Gasteiger partial charge in [0.05, 0.1) is 5.92 Å². The van der Waals surface area contributed by atoms with E-state index in [0.29, 0.717) is 11.8 Å². The SMILES string of the molecule is CC1(OC(=O)COC(=O)C2CC3C=CC2C3)CCCC1. The summed E-state index contributed by atoms with van der Waals surface area (Å²) in [5.74, 6) is 0.134. The van der Waals surface area contributed by atoms with Crippen molar-refractivity contribution in [1.82, 2.24) is 0 Å². The fourth-order valence-corrected chi connectivity index (χ4v) is 3.82. The van der Waals surface area contributed by atoms with Gasteiger partial charge < -0.3 is 9.47 Å². The van der Waals surface area contributed by atoms with Crippen molar-refractivity contribution in [3.63, 3.8) is 0 Å². The summed E-state index contributed by atoms with van der Waals surface area (Å²) in [4.78, 5) is 23.8. The van der Waals surface area contributed by atoms with Gasteiger partial charge in [-0.15, -0.1) is 0 Å². The maximum atomic E-state index is 12.0. The Bertz CT molecular complexity index is 434. The molecule has 0 N–H and O–H groups in total. The number of fused-ring (bicyclic) bond motifs is 2. The molecule has 20 heavy (non-hydrogen) atoms. The first-order valence-corrected chi connectivity index (χ1v) is 7.62. The third kappa shape index (κ3) is 2.74. The van der Waals surface area contributed by atoms with Crippen molar-refractivity contribution in [2.45, 2.75) is 51.0 Å². The van der Waals surface area contributed by atoms with E-state index in [2.05, 4.69) is 12.2 Å². The van der Waals surface area contributed by atoms with Crippen LogP contribution in [-0.4, -0.2) is 24.1 Å². The molecule has 2 saturated carbocycles. The van der Waals surface area contributed by atoms with E-state index in [1.54, 1.807) is 0 Å². The molecule has 4 nitrogen and oxygen atoms in total. The van der Waals surface area contributed by atoms with Crippen LogP contribution >= 0.6 is 0 Å². The highest BCUT2D eigenvalue weighted by atomic mass is 16.6. The second kappa shape index (κ2) is 5.23. The largest absolute Gasteiger partial charge is 0.457 e. The van der Waals surface area contributed by atoms with Crippen LogP contribution in [0.1, 0.15) is 45.4 Å². The number of esters is 2. The van der Waals surface area contributed by atoms with Crippen molar-refractivity contribution >= 4 is 11.9 Å². The minimum Gasteiger partial charge on any atom is -0.457 e. The molecule has 0 aromatic heterocycles. The Balaban J connectivity index is 1.44. The minimum absolute atomic E-state index is 0.0557. The summed E-state index contributed by atoms with van der Waals surface area (Å²) in [5.41, 5.74) is -0.349. The quantitative estimate of drug-likeness (QED) is 0.586. The van der Waals surface area contributed by atoms with Crippen molar-refractivity contribution in [3.8, 4) is 0 Å². The van der Waals surface area contributed by atoms with Gasteiger partial charge in [0.1, 0.15) is 5.60 Å². The van der Waals surface area contributed by atoms with Gasteiger partial charge in [0.15, 0.2) is 6.61 Å². The second-order valence-corrected chi connectivity index (χ2v) is 6.63. The third-order valence-corrected chi connectivity index (χ3v) is 4.94. The summed E-state index contributed by atoms with van der Waals surface area (Å²) in [5, 5.41) is 0. The monoisotopic (exact) mass is 278 g/mol. The molecule has 3 rings (SSSR count). The molecule has 0 saturated heterocycles. The van der Waals surface area contributed by atoms with Gasteiger partial charge in [0.25, 0.3) is 0 Å². The molecule has 2 bridgehead atoms. The molecule has 3 aliphatic rings. The molecule has 3 unspecified atom stereocenters. The van der Waals surface area contributed by atoms with Gasteiger partial charge in [0.2, 0.25) is 0 Å². The lowest BCUT2D eigenvalue weighted by molar-refractivity contribution is -0.170. The topological polar surface area (TPSA) is 52.6 Å². The van der Waals surface area contributed by atoms with E-state index in [1.807, 2.05) is 6.92 Å². The Labute approximate surface area is 119 Å². The Morgan fingerprint density at radius 1 is 1.20 bits per heavy atom. The number of ether oxygens (including phenoxy) is 2. The van der Waals surface area contributed by atoms with E-state index in [-0.39, 0.29) is 24.1 Å². The van der Waals surface area contributed by atoms with Crippen LogP contribution < -0.4 is 0 Å². The van der Waals surface area contributed by atoms with Crippen LogP contribution in [0.4, 0.5) is 0 Å². The van der Waals surface area contributed by atoms with Gasteiger partial charge in [0, 0.05) is 0 Å². The molecule has 0 radical (unpaired) electrons. The van der Waals surface area contributed by atoms with E-state index >= 15 is 0 Å². The fraction of sp³-hybridized carbons (Fsp3) is 0.750. The summed E-state index contributed by atoms with van der Waals surface area (Å²) < 4.78 is 10.6. The zero-order valence-corrected chi connectivity index (χ0v) is 12.0. The van der Waals surface area contributed by atoms with Crippen LogP contribution in [-0.2, 0) is 19.1 Å². The zero-order chi connectivity index (χ0) is 14.2. The molecule has 0 aliphatic heterocycles.